The second kappa shape index (κ2) is 6.36. The lowest BCUT2D eigenvalue weighted by atomic mass is 9.96. The maximum absolute atomic E-state index is 8.99. The second-order valence-electron chi connectivity index (χ2n) is 5.58. The number of hydrogen-bond acceptors (Lipinski definition) is 5. The number of hydrogen-bond donors (Lipinski definition) is 1. The summed E-state index contributed by atoms with van der Waals surface area (Å²) in [5.74, 6) is 2.47. The minimum atomic E-state index is 0.239. The average Bonchev–Trinajstić information content (AvgIpc) is 3.12. The molecule has 0 spiro atoms. The lowest BCUT2D eigenvalue weighted by Crippen LogP contribution is -2.35. The minimum absolute atomic E-state index is 0.239. The number of piperidine rings is 1. The van der Waals surface area contributed by atoms with E-state index in [2.05, 4.69) is 24.8 Å². The molecule has 1 fully saturated rings. The standard InChI is InChI=1S/C14H22N6O/c1-18-13(11-20-6-2-5-15-20)16-17-14(18)12-3-7-19(8-4-12)9-10-21/h2,5-6,12,21H,3-4,7-11H2,1H3. The van der Waals surface area contributed by atoms with Gasteiger partial charge in [-0.15, -0.1) is 10.2 Å². The number of β-amino-alcohol motifs (C(OH)–C–C–N with tert-alkyl or cyclic N) is 1. The van der Waals surface area contributed by atoms with Gasteiger partial charge in [-0.2, -0.15) is 5.10 Å². The van der Waals surface area contributed by atoms with Crippen molar-refractivity contribution in [3.63, 3.8) is 0 Å². The van der Waals surface area contributed by atoms with Crippen molar-refractivity contribution in [2.45, 2.75) is 25.3 Å². The molecule has 0 aliphatic carbocycles. The number of likely N-dealkylation sites (tertiary alicyclic amines) is 1. The monoisotopic (exact) mass is 290 g/mol. The molecule has 7 nitrogen and oxygen atoms in total. The van der Waals surface area contributed by atoms with Gasteiger partial charge in [-0.05, 0) is 32.0 Å². The van der Waals surface area contributed by atoms with Crippen molar-refractivity contribution >= 4 is 0 Å². The summed E-state index contributed by atoms with van der Waals surface area (Å²) in [6.07, 6.45) is 5.86. The molecule has 1 aliphatic heterocycles. The maximum atomic E-state index is 8.99. The maximum Gasteiger partial charge on any atom is 0.154 e. The third-order valence-electron chi connectivity index (χ3n) is 4.23. The van der Waals surface area contributed by atoms with Gasteiger partial charge in [0.2, 0.25) is 0 Å². The highest BCUT2D eigenvalue weighted by atomic mass is 16.3. The topological polar surface area (TPSA) is 72.0 Å². The Hall–Kier alpha value is -1.73. The highest BCUT2D eigenvalue weighted by Crippen LogP contribution is 2.26. The summed E-state index contributed by atoms with van der Waals surface area (Å²) in [5.41, 5.74) is 0. The lowest BCUT2D eigenvalue weighted by molar-refractivity contribution is 0.162. The third-order valence-corrected chi connectivity index (χ3v) is 4.23. The van der Waals surface area contributed by atoms with E-state index in [1.807, 2.05) is 24.0 Å². The van der Waals surface area contributed by atoms with Crippen LogP contribution < -0.4 is 0 Å². The fourth-order valence-corrected chi connectivity index (χ4v) is 2.96. The van der Waals surface area contributed by atoms with Crippen LogP contribution in [0.3, 0.4) is 0 Å². The molecule has 1 N–H and O–H groups in total. The van der Waals surface area contributed by atoms with Crippen molar-refractivity contribution in [2.24, 2.45) is 7.05 Å². The van der Waals surface area contributed by atoms with E-state index < -0.39 is 0 Å². The van der Waals surface area contributed by atoms with E-state index in [0.717, 1.165) is 44.1 Å². The molecule has 2 aromatic rings. The van der Waals surface area contributed by atoms with Crippen LogP contribution >= 0.6 is 0 Å². The van der Waals surface area contributed by atoms with Crippen LogP contribution in [0, 0.1) is 0 Å². The molecule has 1 saturated heterocycles. The lowest BCUT2D eigenvalue weighted by Gasteiger charge is -2.30. The van der Waals surface area contributed by atoms with E-state index in [9.17, 15) is 0 Å². The Bertz CT molecular complexity index is 556. The van der Waals surface area contributed by atoms with Gasteiger partial charge in [-0.3, -0.25) is 4.68 Å². The van der Waals surface area contributed by atoms with Crippen LogP contribution in [0.5, 0.6) is 0 Å². The van der Waals surface area contributed by atoms with Gasteiger partial charge in [-0.1, -0.05) is 0 Å². The largest absolute Gasteiger partial charge is 0.395 e. The molecule has 21 heavy (non-hydrogen) atoms. The van der Waals surface area contributed by atoms with E-state index in [1.54, 1.807) is 6.20 Å². The molecule has 0 unspecified atom stereocenters. The summed E-state index contributed by atoms with van der Waals surface area (Å²) >= 11 is 0. The van der Waals surface area contributed by atoms with Gasteiger partial charge in [-0.25, -0.2) is 0 Å². The Morgan fingerprint density at radius 1 is 1.29 bits per heavy atom. The smallest absolute Gasteiger partial charge is 0.154 e. The quantitative estimate of drug-likeness (QED) is 0.853. The van der Waals surface area contributed by atoms with E-state index in [1.165, 1.54) is 0 Å². The number of rotatable bonds is 5. The summed E-state index contributed by atoms with van der Waals surface area (Å²) in [6.45, 7) is 3.71. The molecule has 0 amide bonds. The van der Waals surface area contributed by atoms with Crippen molar-refractivity contribution in [1.82, 2.24) is 29.4 Å². The first-order chi connectivity index (χ1) is 10.3. The Morgan fingerprint density at radius 2 is 2.10 bits per heavy atom. The van der Waals surface area contributed by atoms with Gasteiger partial charge in [0, 0.05) is 31.9 Å². The molecule has 0 aromatic carbocycles. The van der Waals surface area contributed by atoms with Gasteiger partial charge < -0.3 is 14.6 Å². The molecule has 0 bridgehead atoms. The Morgan fingerprint density at radius 3 is 2.76 bits per heavy atom. The number of nitrogens with zero attached hydrogens (tertiary/aromatic N) is 6. The molecule has 114 valence electrons. The zero-order chi connectivity index (χ0) is 14.7. The molecule has 1 aliphatic rings. The third kappa shape index (κ3) is 3.14. The van der Waals surface area contributed by atoms with Crippen molar-refractivity contribution < 1.29 is 5.11 Å². The first-order valence-electron chi connectivity index (χ1n) is 7.46. The van der Waals surface area contributed by atoms with E-state index in [4.69, 9.17) is 5.11 Å². The van der Waals surface area contributed by atoms with Crippen LogP contribution in [0.2, 0.25) is 0 Å². The van der Waals surface area contributed by atoms with Crippen molar-refractivity contribution in [2.75, 3.05) is 26.2 Å². The normalized spacial score (nSPS) is 17.4. The highest BCUT2D eigenvalue weighted by molar-refractivity contribution is 5.03. The van der Waals surface area contributed by atoms with E-state index in [0.29, 0.717) is 12.5 Å². The highest BCUT2D eigenvalue weighted by Gasteiger charge is 2.24. The first kappa shape index (κ1) is 14.2. The van der Waals surface area contributed by atoms with Gasteiger partial charge in [0.25, 0.3) is 0 Å². The molecular weight excluding hydrogens is 268 g/mol. The van der Waals surface area contributed by atoms with Crippen molar-refractivity contribution in [3.05, 3.63) is 30.1 Å². The van der Waals surface area contributed by atoms with Crippen molar-refractivity contribution in [1.29, 1.82) is 0 Å². The van der Waals surface area contributed by atoms with Gasteiger partial charge in [0.05, 0.1) is 6.61 Å². The minimum Gasteiger partial charge on any atom is -0.395 e. The molecule has 0 atom stereocenters. The Labute approximate surface area is 124 Å². The fraction of sp³-hybridized carbons (Fsp3) is 0.643. The molecule has 0 saturated carbocycles. The van der Waals surface area contributed by atoms with E-state index >= 15 is 0 Å². The van der Waals surface area contributed by atoms with Gasteiger partial charge in [0.1, 0.15) is 12.4 Å². The average molecular weight is 290 g/mol. The van der Waals surface area contributed by atoms with Crippen LogP contribution in [-0.4, -0.2) is 60.8 Å². The first-order valence-corrected chi connectivity index (χ1v) is 7.46. The summed E-state index contributed by atoms with van der Waals surface area (Å²) in [4.78, 5) is 2.30. The van der Waals surface area contributed by atoms with Crippen LogP contribution in [-0.2, 0) is 13.6 Å². The second-order valence-corrected chi connectivity index (χ2v) is 5.58. The predicted molar refractivity (Wildman–Crippen MR) is 77.8 cm³/mol. The van der Waals surface area contributed by atoms with Crippen LogP contribution in [0.25, 0.3) is 0 Å². The summed E-state index contributed by atoms with van der Waals surface area (Å²) in [6, 6.07) is 1.91. The molecule has 2 aromatic heterocycles. The Kier molecular flexibility index (Phi) is 4.31. The zero-order valence-electron chi connectivity index (χ0n) is 12.4. The van der Waals surface area contributed by atoms with E-state index in [-0.39, 0.29) is 6.61 Å². The number of aromatic nitrogens is 5. The van der Waals surface area contributed by atoms with Crippen molar-refractivity contribution in [3.8, 4) is 0 Å². The molecule has 7 heteroatoms. The summed E-state index contributed by atoms with van der Waals surface area (Å²) in [5, 5.41) is 21.9. The SMILES string of the molecule is Cn1c(Cn2cccn2)nnc1C1CCN(CCO)CC1. The van der Waals surface area contributed by atoms with Gasteiger partial charge in [0.15, 0.2) is 5.82 Å². The molecular formula is C14H22N6O. The zero-order valence-corrected chi connectivity index (χ0v) is 12.4. The predicted octanol–water partition coefficient (Wildman–Crippen LogP) is 0.232. The van der Waals surface area contributed by atoms with Crippen LogP contribution in [0.15, 0.2) is 18.5 Å². The fourth-order valence-electron chi connectivity index (χ4n) is 2.96. The molecule has 0 radical (unpaired) electrons. The number of aliphatic hydroxyl groups excluding tert-OH is 1. The molecule has 3 heterocycles. The molecule has 3 rings (SSSR count). The summed E-state index contributed by atoms with van der Waals surface area (Å²) in [7, 11) is 2.04. The number of aliphatic hydroxyl groups is 1. The summed E-state index contributed by atoms with van der Waals surface area (Å²) < 4.78 is 3.96. The van der Waals surface area contributed by atoms with Crippen LogP contribution in [0.1, 0.15) is 30.4 Å². The van der Waals surface area contributed by atoms with Gasteiger partial charge >= 0.3 is 0 Å². The van der Waals surface area contributed by atoms with Crippen LogP contribution in [0.4, 0.5) is 0 Å². The Balaban J connectivity index is 1.65.